The summed E-state index contributed by atoms with van der Waals surface area (Å²) in [5, 5.41) is 21.1. The lowest BCUT2D eigenvalue weighted by molar-refractivity contribution is -0.132. The molecule has 0 radical (unpaired) electrons. The number of nitrogens with zero attached hydrogens (tertiary/aromatic N) is 3. The highest BCUT2D eigenvalue weighted by molar-refractivity contribution is 8.00. The molecule has 0 aliphatic carbocycles. The van der Waals surface area contributed by atoms with Gasteiger partial charge in [0.2, 0.25) is 5.13 Å². The van der Waals surface area contributed by atoms with Crippen LogP contribution < -0.4 is 19.1 Å². The molecule has 9 nitrogen and oxygen atoms in total. The third-order valence-electron chi connectivity index (χ3n) is 7.67. The number of anilines is 1. The fourth-order valence-electron chi connectivity index (χ4n) is 5.01. The number of amides is 1. The molecule has 2 heterocycles. The number of ketones is 1. The van der Waals surface area contributed by atoms with Crippen molar-refractivity contribution in [1.29, 1.82) is 0 Å². The van der Waals surface area contributed by atoms with Crippen molar-refractivity contribution in [2.75, 3.05) is 25.2 Å². The number of halogens is 1. The van der Waals surface area contributed by atoms with Gasteiger partial charge in [0.15, 0.2) is 15.8 Å². The molecule has 1 unspecified atom stereocenters. The molecule has 252 valence electrons. The van der Waals surface area contributed by atoms with E-state index in [0.717, 1.165) is 24.8 Å². The minimum Gasteiger partial charge on any atom is -0.507 e. The summed E-state index contributed by atoms with van der Waals surface area (Å²) in [4.78, 5) is 28.8. The Morgan fingerprint density at radius 1 is 1.00 bits per heavy atom. The van der Waals surface area contributed by atoms with Crippen molar-refractivity contribution in [3.63, 3.8) is 0 Å². The molecule has 1 atom stereocenters. The van der Waals surface area contributed by atoms with E-state index in [-0.39, 0.29) is 16.5 Å². The van der Waals surface area contributed by atoms with E-state index >= 15 is 0 Å². The van der Waals surface area contributed by atoms with E-state index in [9.17, 15) is 14.7 Å². The first kappa shape index (κ1) is 35.3. The second-order valence-electron chi connectivity index (χ2n) is 11.6. The Hall–Kier alpha value is -4.06. The van der Waals surface area contributed by atoms with E-state index < -0.39 is 17.7 Å². The van der Waals surface area contributed by atoms with Crippen LogP contribution in [0.5, 0.6) is 17.2 Å². The van der Waals surface area contributed by atoms with Crippen molar-refractivity contribution < 1.29 is 28.9 Å². The van der Waals surface area contributed by atoms with Gasteiger partial charge >= 0.3 is 5.91 Å². The van der Waals surface area contributed by atoms with Crippen LogP contribution in [0.15, 0.2) is 76.6 Å². The highest BCUT2D eigenvalue weighted by Gasteiger charge is 2.48. The van der Waals surface area contributed by atoms with E-state index in [1.807, 2.05) is 24.3 Å². The molecule has 1 amide bonds. The molecule has 0 saturated carbocycles. The Labute approximate surface area is 293 Å². The summed E-state index contributed by atoms with van der Waals surface area (Å²) in [6, 6.07) is 18.6. The number of carbonyl (C=O) groups excluding carboxylic acids is 2. The maximum atomic E-state index is 13.8. The molecule has 12 heteroatoms. The minimum absolute atomic E-state index is 0.0688. The van der Waals surface area contributed by atoms with Crippen LogP contribution in [0.1, 0.15) is 62.8 Å². The molecule has 1 aromatic heterocycles. The van der Waals surface area contributed by atoms with Crippen molar-refractivity contribution in [2.24, 2.45) is 5.92 Å². The van der Waals surface area contributed by atoms with E-state index in [0.29, 0.717) is 62.6 Å². The first-order chi connectivity index (χ1) is 23.2. The zero-order valence-electron chi connectivity index (χ0n) is 27.3. The van der Waals surface area contributed by atoms with Gasteiger partial charge in [-0.05, 0) is 78.4 Å². The fourth-order valence-corrected chi connectivity index (χ4v) is 6.96. The van der Waals surface area contributed by atoms with Gasteiger partial charge in [0, 0.05) is 16.3 Å². The highest BCUT2D eigenvalue weighted by Crippen LogP contribution is 2.45. The number of thioether (sulfide) groups is 1. The largest absolute Gasteiger partial charge is 0.507 e. The molecule has 4 aromatic rings. The van der Waals surface area contributed by atoms with E-state index in [4.69, 9.17) is 25.8 Å². The van der Waals surface area contributed by atoms with E-state index in [1.165, 1.54) is 35.1 Å². The standard InChI is InChI=1S/C36H38ClN3O6S2/c1-5-6-18-45-27-14-9-24(10-15-27)32(41)30-31(25-11-16-28(29(20-25)44-4)46-19-17-22(2)3)40(34(43)33(30)42)35-38-39-36(48-35)47-21-23-7-12-26(37)13-8-23/h7-16,20,22,31,41H,5-6,17-19,21H2,1-4H3/b32-30-. The van der Waals surface area contributed by atoms with Crippen molar-refractivity contribution in [3.8, 4) is 17.2 Å². The minimum atomic E-state index is -1.01. The first-order valence-corrected chi connectivity index (χ1v) is 17.9. The van der Waals surface area contributed by atoms with Crippen LogP contribution in [0, 0.1) is 5.92 Å². The second kappa shape index (κ2) is 16.4. The van der Waals surface area contributed by atoms with Gasteiger partial charge in [-0.2, -0.15) is 0 Å². The Morgan fingerprint density at radius 3 is 2.44 bits per heavy atom. The molecule has 1 fully saturated rings. The summed E-state index contributed by atoms with van der Waals surface area (Å²) in [7, 11) is 1.53. The SMILES string of the molecule is CCCCOc1ccc(/C(O)=C2/C(=O)C(=O)N(c3nnc(SCc4ccc(Cl)cc4)s3)C2c2ccc(OCCC(C)C)c(OC)c2)cc1. The number of aliphatic hydroxyl groups is 1. The molecular weight excluding hydrogens is 670 g/mol. The molecule has 1 saturated heterocycles. The number of benzene rings is 3. The van der Waals surface area contributed by atoms with Gasteiger partial charge in [0.05, 0.1) is 31.9 Å². The summed E-state index contributed by atoms with van der Waals surface area (Å²) < 4.78 is 18.1. The summed E-state index contributed by atoms with van der Waals surface area (Å²) in [6.07, 6.45) is 2.79. The van der Waals surface area contributed by atoms with Crippen molar-refractivity contribution in [1.82, 2.24) is 10.2 Å². The molecular formula is C36H38ClN3O6S2. The summed E-state index contributed by atoms with van der Waals surface area (Å²) in [6.45, 7) is 7.41. The third-order valence-corrected chi connectivity index (χ3v) is 10.1. The lowest BCUT2D eigenvalue weighted by Gasteiger charge is -2.23. The maximum absolute atomic E-state index is 13.8. The summed E-state index contributed by atoms with van der Waals surface area (Å²) >= 11 is 8.68. The number of hydrogen-bond acceptors (Lipinski definition) is 10. The van der Waals surface area contributed by atoms with Crippen LogP contribution >= 0.6 is 34.7 Å². The Bertz CT molecular complexity index is 1760. The van der Waals surface area contributed by atoms with Gasteiger partial charge in [0.25, 0.3) is 5.78 Å². The Kier molecular flexibility index (Phi) is 12.0. The van der Waals surface area contributed by atoms with Crippen LogP contribution in [-0.2, 0) is 15.3 Å². The van der Waals surface area contributed by atoms with Gasteiger partial charge in [-0.25, -0.2) is 0 Å². The number of hydrogen-bond donors (Lipinski definition) is 1. The number of carbonyl (C=O) groups is 2. The van der Waals surface area contributed by atoms with Gasteiger partial charge in [-0.15, -0.1) is 10.2 Å². The zero-order valence-corrected chi connectivity index (χ0v) is 29.7. The van der Waals surface area contributed by atoms with Crippen molar-refractivity contribution in [2.45, 2.75) is 56.2 Å². The summed E-state index contributed by atoms with van der Waals surface area (Å²) in [5.74, 6) is 0.743. The lowest BCUT2D eigenvalue weighted by atomic mass is 9.95. The monoisotopic (exact) mass is 707 g/mol. The van der Waals surface area contributed by atoms with Crippen LogP contribution in [0.2, 0.25) is 5.02 Å². The molecule has 5 rings (SSSR count). The average Bonchev–Trinajstić information content (AvgIpc) is 3.66. The predicted octanol–water partition coefficient (Wildman–Crippen LogP) is 8.72. The third kappa shape index (κ3) is 8.32. The summed E-state index contributed by atoms with van der Waals surface area (Å²) in [5.41, 5.74) is 1.89. The molecule has 1 N–H and O–H groups in total. The number of aliphatic hydroxyl groups excluding tert-OH is 1. The quantitative estimate of drug-likeness (QED) is 0.0324. The average molecular weight is 708 g/mol. The van der Waals surface area contributed by atoms with Crippen molar-refractivity contribution in [3.05, 3.63) is 94.0 Å². The molecule has 1 aliphatic rings. The van der Waals surface area contributed by atoms with Gasteiger partial charge in [0.1, 0.15) is 11.5 Å². The van der Waals surface area contributed by atoms with Crippen LogP contribution in [0.4, 0.5) is 5.13 Å². The fraction of sp³-hybridized carbons (Fsp3) is 0.333. The van der Waals surface area contributed by atoms with Crippen molar-refractivity contribution >= 4 is 57.3 Å². The van der Waals surface area contributed by atoms with Crippen LogP contribution in [-0.4, -0.2) is 47.3 Å². The van der Waals surface area contributed by atoms with Crippen LogP contribution in [0.25, 0.3) is 5.76 Å². The predicted molar refractivity (Wildman–Crippen MR) is 190 cm³/mol. The van der Waals surface area contributed by atoms with Gasteiger partial charge < -0.3 is 19.3 Å². The Morgan fingerprint density at radius 2 is 1.75 bits per heavy atom. The topological polar surface area (TPSA) is 111 Å². The van der Waals surface area contributed by atoms with E-state index in [1.54, 1.807) is 42.5 Å². The normalized spacial score (nSPS) is 15.7. The highest BCUT2D eigenvalue weighted by atomic mass is 35.5. The number of rotatable bonds is 15. The number of ether oxygens (including phenoxy) is 3. The molecule has 0 bridgehead atoms. The zero-order chi connectivity index (χ0) is 34.2. The van der Waals surface area contributed by atoms with Gasteiger partial charge in [-0.1, -0.05) is 80.1 Å². The first-order valence-electron chi connectivity index (χ1n) is 15.8. The number of unbranched alkanes of at least 4 members (excludes halogenated alkanes) is 1. The smallest absolute Gasteiger partial charge is 0.301 e. The van der Waals surface area contributed by atoms with Crippen LogP contribution in [0.3, 0.4) is 0 Å². The number of aromatic nitrogens is 2. The Balaban J connectivity index is 1.52. The molecule has 1 aliphatic heterocycles. The second-order valence-corrected chi connectivity index (χ2v) is 14.2. The maximum Gasteiger partial charge on any atom is 0.301 e. The lowest BCUT2D eigenvalue weighted by Crippen LogP contribution is -2.29. The molecule has 0 spiro atoms. The molecule has 3 aromatic carbocycles. The molecule has 48 heavy (non-hydrogen) atoms. The number of methoxy groups -OCH3 is 1. The van der Waals surface area contributed by atoms with E-state index in [2.05, 4.69) is 31.0 Å². The van der Waals surface area contributed by atoms with Gasteiger partial charge in [-0.3, -0.25) is 14.5 Å². The number of Topliss-reactive ketones (excluding diaryl/α,β-unsaturated/α-hetero) is 1.